The van der Waals surface area contributed by atoms with Crippen molar-refractivity contribution in [2.45, 2.75) is 13.3 Å². The summed E-state index contributed by atoms with van der Waals surface area (Å²) < 4.78 is 12.3. The molecule has 0 aliphatic carbocycles. The summed E-state index contributed by atoms with van der Waals surface area (Å²) >= 11 is 0. The van der Waals surface area contributed by atoms with E-state index in [4.69, 9.17) is 23.2 Å². The zero-order chi connectivity index (χ0) is 20.1. The van der Waals surface area contributed by atoms with Crippen molar-refractivity contribution in [3.8, 4) is 11.5 Å². The van der Waals surface area contributed by atoms with Crippen molar-refractivity contribution in [3.63, 3.8) is 0 Å². The quantitative estimate of drug-likeness (QED) is 0.681. The topological polar surface area (TPSA) is 63.3 Å². The summed E-state index contributed by atoms with van der Waals surface area (Å²) in [6.45, 7) is 2.63. The molecule has 0 atom stereocenters. The maximum atomic E-state index is 6.06. The molecule has 0 amide bonds. The lowest BCUT2D eigenvalue weighted by Gasteiger charge is -2.08. The van der Waals surface area contributed by atoms with E-state index in [1.54, 1.807) is 18.7 Å². The molecule has 1 aromatic carbocycles. The molecular weight excluding hydrogens is 387 g/mol. The maximum absolute atomic E-state index is 6.06. The average Bonchev–Trinajstić information content (AvgIpc) is 3.29. The highest BCUT2D eigenvalue weighted by atomic mass is 19.0. The molecule has 3 N–H and O–H groups in total. The van der Waals surface area contributed by atoms with Crippen LogP contribution in [0.3, 0.4) is 0 Å². The molecule has 0 spiro atoms. The lowest BCUT2D eigenvalue weighted by atomic mass is 10.0. The number of methoxy groups -OCH3 is 2. The summed E-state index contributed by atoms with van der Waals surface area (Å²) in [5, 5.41) is 0. The van der Waals surface area contributed by atoms with Gasteiger partial charge in [0.2, 0.25) is 0 Å². The molecule has 1 aromatic heterocycles. The summed E-state index contributed by atoms with van der Waals surface area (Å²) in [4.78, 5) is 3.50. The second kappa shape index (κ2) is 11.2. The van der Waals surface area contributed by atoms with Crippen molar-refractivity contribution in [2.24, 2.45) is 5.73 Å². The van der Waals surface area contributed by atoms with Gasteiger partial charge in [-0.1, -0.05) is 12.1 Å². The molecule has 158 valence electrons. The first-order chi connectivity index (χ1) is 13.6. The van der Waals surface area contributed by atoms with Crippen molar-refractivity contribution in [1.29, 1.82) is 0 Å². The first-order valence-electron chi connectivity index (χ1n) is 9.16. The molecule has 0 saturated carbocycles. The van der Waals surface area contributed by atoms with Gasteiger partial charge in [-0.05, 0) is 55.3 Å². The Morgan fingerprint density at radius 2 is 1.87 bits per heavy atom. The van der Waals surface area contributed by atoms with Gasteiger partial charge < -0.3 is 20.2 Å². The molecule has 0 unspecified atom stereocenters. The smallest absolute Gasteiger partial charge is 0.493 e. The molecule has 1 aliphatic heterocycles. The van der Waals surface area contributed by atoms with E-state index in [-0.39, 0.29) is 9.41 Å². The molecule has 2 aromatic rings. The Hall–Kier alpha value is -3.13. The van der Waals surface area contributed by atoms with Gasteiger partial charge in [0.15, 0.2) is 17.2 Å². The fraction of sp³-hybridized carbons (Fsp3) is 0.227. The third-order valence-corrected chi connectivity index (χ3v) is 4.68. The van der Waals surface area contributed by atoms with Crippen molar-refractivity contribution >= 4 is 31.9 Å². The molecule has 0 saturated heterocycles. The van der Waals surface area contributed by atoms with Gasteiger partial charge in [0, 0.05) is 23.4 Å². The van der Waals surface area contributed by atoms with Crippen molar-refractivity contribution < 1.29 is 23.4 Å². The predicted molar refractivity (Wildman–Crippen MR) is 121 cm³/mol. The summed E-state index contributed by atoms with van der Waals surface area (Å²) in [6.07, 6.45) is 10.6. The number of aromatic amines is 1. The molecule has 0 bridgehead atoms. The predicted octanol–water partition coefficient (Wildman–Crippen LogP) is 3.61. The van der Waals surface area contributed by atoms with Gasteiger partial charge in [-0.15, -0.1) is 0 Å². The normalized spacial score (nSPS) is 14.2. The molecule has 30 heavy (non-hydrogen) atoms. The van der Waals surface area contributed by atoms with E-state index in [0.717, 1.165) is 40.2 Å². The van der Waals surface area contributed by atoms with Gasteiger partial charge in [-0.2, -0.15) is 0 Å². The summed E-state index contributed by atoms with van der Waals surface area (Å²) in [5.74, 6) is 1.42. The zero-order valence-electron chi connectivity index (χ0n) is 17.3. The Morgan fingerprint density at radius 3 is 2.47 bits per heavy atom. The van der Waals surface area contributed by atoms with E-state index in [1.807, 2.05) is 48.7 Å². The molecule has 2 heterocycles. The number of rotatable bonds is 7. The van der Waals surface area contributed by atoms with Crippen LogP contribution in [0, 0.1) is 6.92 Å². The Morgan fingerprint density at radius 1 is 1.13 bits per heavy atom. The molecule has 2 radical (unpaired) electrons. The average molecular weight is 414 g/mol. The molecule has 0 fully saturated rings. The number of hydrogen-bond acceptors (Lipinski definition) is 3. The van der Waals surface area contributed by atoms with E-state index in [0.29, 0.717) is 18.0 Å². The van der Waals surface area contributed by atoms with Gasteiger partial charge in [0.05, 0.1) is 19.9 Å². The minimum Gasteiger partial charge on any atom is -0.493 e. The molecular formula is C22H27BF2N3O2+. The lowest BCUT2D eigenvalue weighted by molar-refractivity contribution is -0.294. The largest absolute Gasteiger partial charge is 0.586 e. The second-order valence-electron chi connectivity index (χ2n) is 6.55. The summed E-state index contributed by atoms with van der Waals surface area (Å²) in [7, 11) is 9.32. The van der Waals surface area contributed by atoms with Crippen LogP contribution in [0.1, 0.15) is 28.9 Å². The van der Waals surface area contributed by atoms with Crippen LogP contribution in [-0.2, 0) is 0 Å². The minimum atomic E-state index is 0. The number of hydrogen-bond donors (Lipinski definition) is 2. The van der Waals surface area contributed by atoms with E-state index < -0.39 is 0 Å². The van der Waals surface area contributed by atoms with E-state index in [9.17, 15) is 0 Å². The van der Waals surface area contributed by atoms with Crippen molar-refractivity contribution in [2.75, 3.05) is 20.8 Å². The Labute approximate surface area is 176 Å². The number of aromatic nitrogens is 1. The number of nitrogens with two attached hydrogens (primary N) is 1. The molecule has 8 heteroatoms. The van der Waals surface area contributed by atoms with Crippen LogP contribution in [0.2, 0.25) is 0 Å². The highest BCUT2D eigenvalue weighted by molar-refractivity contribution is 6.01. The number of benzene rings is 1. The number of H-pyrrole nitrogens is 1. The standard InChI is InChI=1S/C22H25BN3O2.2FH/c1-15-13-17(8-6-16-7-9-20(27-2)21(14-16)28-3)25-22(15)18(10-11-24)19-5-4-12-26(19)23;;/h4-9,12-14,25H,10-11,24H2,1-3H3;2*1H/q+1;;/b8-6+;;. The number of nitrogens with one attached hydrogen (secondary N) is 1. The summed E-state index contributed by atoms with van der Waals surface area (Å²) in [5.41, 5.74) is 12.2. The second-order valence-corrected chi connectivity index (χ2v) is 6.55. The Kier molecular flexibility index (Phi) is 9.27. The monoisotopic (exact) mass is 414 g/mol. The van der Waals surface area contributed by atoms with Gasteiger partial charge in [0.25, 0.3) is 0 Å². The van der Waals surface area contributed by atoms with Crippen LogP contribution in [0.25, 0.3) is 17.7 Å². The van der Waals surface area contributed by atoms with Gasteiger partial charge in [-0.3, -0.25) is 13.9 Å². The van der Waals surface area contributed by atoms with Gasteiger partial charge >= 0.3 is 7.98 Å². The highest BCUT2D eigenvalue weighted by Gasteiger charge is 2.20. The van der Waals surface area contributed by atoms with Crippen molar-refractivity contribution in [3.05, 3.63) is 64.6 Å². The van der Waals surface area contributed by atoms with E-state index >= 15 is 0 Å². The van der Waals surface area contributed by atoms with E-state index in [1.165, 1.54) is 0 Å². The van der Waals surface area contributed by atoms with Gasteiger partial charge in [0.1, 0.15) is 6.21 Å². The molecule has 5 nitrogen and oxygen atoms in total. The Bertz CT molecular complexity index is 994. The number of ether oxygens (including phenoxy) is 2. The highest BCUT2D eigenvalue weighted by Crippen LogP contribution is 2.29. The first-order valence-corrected chi connectivity index (χ1v) is 9.16. The number of halogens is 2. The van der Waals surface area contributed by atoms with Crippen molar-refractivity contribution in [1.82, 2.24) is 4.98 Å². The molecule has 3 rings (SSSR count). The van der Waals surface area contributed by atoms with Crippen LogP contribution in [0.15, 0.2) is 42.1 Å². The summed E-state index contributed by atoms with van der Waals surface area (Å²) in [6, 6.07) is 7.94. The van der Waals surface area contributed by atoms with Crippen LogP contribution in [0.5, 0.6) is 11.5 Å². The maximum Gasteiger partial charge on any atom is 0.586 e. The fourth-order valence-corrected chi connectivity index (χ4v) is 3.31. The molecule has 1 aliphatic rings. The minimum absolute atomic E-state index is 0. The van der Waals surface area contributed by atoms with Crippen LogP contribution in [0.4, 0.5) is 9.41 Å². The third-order valence-electron chi connectivity index (χ3n) is 4.68. The SMILES string of the molecule is F.F.[B][N+]1=CC=CC1=C(CCN)c1[nH]c(/C=C/c2ccc(OC)c(OC)c2)cc1C. The number of allylic oxidation sites excluding steroid dienone is 2. The van der Waals surface area contributed by atoms with E-state index in [2.05, 4.69) is 18.0 Å². The third kappa shape index (κ3) is 5.27. The van der Waals surface area contributed by atoms with Gasteiger partial charge in [-0.25, -0.2) is 0 Å². The Balaban J connectivity index is 0.00000225. The fourth-order valence-electron chi connectivity index (χ4n) is 3.31. The van der Waals surface area contributed by atoms with Crippen LogP contribution >= 0.6 is 0 Å². The lowest BCUT2D eigenvalue weighted by Crippen LogP contribution is -2.09. The first kappa shape index (κ1) is 24.9. The zero-order valence-corrected chi connectivity index (χ0v) is 17.3. The number of aryl methyl sites for hydroxylation is 1. The van der Waals surface area contributed by atoms with Crippen LogP contribution < -0.4 is 15.2 Å². The number of nitrogens with zero attached hydrogens (tertiary/aromatic N) is 1. The van der Waals surface area contributed by atoms with Crippen LogP contribution in [-0.4, -0.2) is 44.4 Å².